The van der Waals surface area contributed by atoms with E-state index in [1.54, 1.807) is 0 Å². The van der Waals surface area contributed by atoms with E-state index in [1.165, 1.54) is 0 Å². The number of fused-ring (bicyclic) bond motifs is 1. The highest BCUT2D eigenvalue weighted by atomic mass is 16.2. The zero-order valence-corrected chi connectivity index (χ0v) is 16.7. The number of nitrogens with one attached hydrogen (secondary N) is 2. The first-order valence-corrected chi connectivity index (χ1v) is 9.81. The number of nitrogens with zero attached hydrogens (tertiary/aromatic N) is 1. The minimum absolute atomic E-state index is 0.0953. The van der Waals surface area contributed by atoms with Gasteiger partial charge in [0.1, 0.15) is 0 Å². The van der Waals surface area contributed by atoms with Crippen molar-refractivity contribution in [1.82, 2.24) is 0 Å². The first kappa shape index (κ1) is 20.4. The maximum atomic E-state index is 12.5. The Morgan fingerprint density at radius 2 is 1.83 bits per heavy atom. The average molecular weight is 390 g/mol. The van der Waals surface area contributed by atoms with Crippen LogP contribution in [0.15, 0.2) is 48.5 Å². The minimum Gasteiger partial charge on any atom is -0.378 e. The van der Waals surface area contributed by atoms with Gasteiger partial charge in [0.05, 0.1) is 12.6 Å². The van der Waals surface area contributed by atoms with Gasteiger partial charge in [-0.3, -0.25) is 9.59 Å². The van der Waals surface area contributed by atoms with E-state index in [0.717, 1.165) is 23.4 Å². The lowest BCUT2D eigenvalue weighted by Gasteiger charge is -2.40. The lowest BCUT2D eigenvalue weighted by molar-refractivity contribution is -0.118. The maximum Gasteiger partial charge on any atom is 0.300 e. The molecule has 4 N–H and O–H groups in total. The molecule has 6 nitrogen and oxygen atoms in total. The van der Waals surface area contributed by atoms with E-state index in [4.69, 9.17) is 5.73 Å². The molecule has 29 heavy (non-hydrogen) atoms. The van der Waals surface area contributed by atoms with Gasteiger partial charge in [-0.15, -0.1) is 0 Å². The predicted molar refractivity (Wildman–Crippen MR) is 117 cm³/mol. The predicted octanol–water partition coefficient (Wildman–Crippen LogP) is 3.28. The third kappa shape index (κ3) is 4.76. The molecule has 0 saturated carbocycles. The zero-order chi connectivity index (χ0) is 20.8. The van der Waals surface area contributed by atoms with Crippen LogP contribution in [0.4, 0.5) is 17.1 Å². The molecule has 1 heterocycles. The van der Waals surface area contributed by atoms with Crippen molar-refractivity contribution in [1.29, 1.82) is 0 Å². The van der Waals surface area contributed by atoms with Crippen LogP contribution in [0.2, 0.25) is 0 Å². The van der Waals surface area contributed by atoms with Crippen molar-refractivity contribution in [2.45, 2.75) is 38.8 Å². The first-order chi connectivity index (χ1) is 14.0. The molecule has 0 bridgehead atoms. The van der Waals surface area contributed by atoms with Crippen LogP contribution >= 0.6 is 0 Å². The SMILES string of the molecule is CCC(=O)N1c2ccccc2[C@H](Nc2ccc(NC(=O)C#CCN)cc2)C[C@@H]1C. The van der Waals surface area contributed by atoms with Crippen molar-refractivity contribution in [3.05, 3.63) is 54.1 Å². The summed E-state index contributed by atoms with van der Waals surface area (Å²) in [7, 11) is 0. The molecule has 6 heteroatoms. The zero-order valence-electron chi connectivity index (χ0n) is 16.7. The molecule has 150 valence electrons. The number of anilines is 3. The number of hydrogen-bond acceptors (Lipinski definition) is 4. The van der Waals surface area contributed by atoms with Crippen molar-refractivity contribution in [2.24, 2.45) is 5.73 Å². The molecule has 0 unspecified atom stereocenters. The van der Waals surface area contributed by atoms with Gasteiger partial charge in [-0.25, -0.2) is 0 Å². The van der Waals surface area contributed by atoms with E-state index in [1.807, 2.05) is 54.3 Å². The molecule has 0 aliphatic carbocycles. The Balaban J connectivity index is 1.76. The Hall–Kier alpha value is -3.30. The van der Waals surface area contributed by atoms with Crippen molar-refractivity contribution in [3.63, 3.8) is 0 Å². The third-order valence-corrected chi connectivity index (χ3v) is 4.95. The first-order valence-electron chi connectivity index (χ1n) is 9.81. The van der Waals surface area contributed by atoms with Crippen LogP contribution < -0.4 is 21.3 Å². The van der Waals surface area contributed by atoms with Gasteiger partial charge in [0, 0.05) is 29.5 Å². The number of rotatable bonds is 4. The molecule has 0 radical (unpaired) electrons. The number of nitrogens with two attached hydrogens (primary N) is 1. The number of carbonyl (C=O) groups is 2. The van der Waals surface area contributed by atoms with Gasteiger partial charge in [-0.2, -0.15) is 0 Å². The van der Waals surface area contributed by atoms with Crippen LogP contribution in [-0.2, 0) is 9.59 Å². The Labute approximate surface area is 171 Å². The summed E-state index contributed by atoms with van der Waals surface area (Å²) in [6.07, 6.45) is 1.30. The van der Waals surface area contributed by atoms with Gasteiger partial charge in [0.25, 0.3) is 5.91 Å². The summed E-state index contributed by atoms with van der Waals surface area (Å²) >= 11 is 0. The monoisotopic (exact) mass is 390 g/mol. The summed E-state index contributed by atoms with van der Waals surface area (Å²) in [6.45, 7) is 4.13. The van der Waals surface area contributed by atoms with Gasteiger partial charge in [-0.1, -0.05) is 31.0 Å². The second kappa shape index (κ2) is 9.26. The van der Waals surface area contributed by atoms with Gasteiger partial charge < -0.3 is 21.3 Å². The topological polar surface area (TPSA) is 87.5 Å². The molecule has 1 aliphatic heterocycles. The van der Waals surface area contributed by atoms with Crippen LogP contribution in [-0.4, -0.2) is 24.4 Å². The Morgan fingerprint density at radius 3 is 2.52 bits per heavy atom. The van der Waals surface area contributed by atoms with Gasteiger partial charge in [0.2, 0.25) is 5.91 Å². The number of carbonyl (C=O) groups excluding carboxylic acids is 2. The lowest BCUT2D eigenvalue weighted by atomic mass is 9.91. The maximum absolute atomic E-state index is 12.5. The fourth-order valence-electron chi connectivity index (χ4n) is 3.64. The quantitative estimate of drug-likeness (QED) is 0.699. The Morgan fingerprint density at radius 1 is 1.14 bits per heavy atom. The molecular formula is C23H26N4O2. The van der Waals surface area contributed by atoms with E-state index in [2.05, 4.69) is 35.5 Å². The van der Waals surface area contributed by atoms with Crippen LogP contribution in [0.3, 0.4) is 0 Å². The lowest BCUT2D eigenvalue weighted by Crippen LogP contribution is -2.44. The molecule has 3 rings (SSSR count). The molecule has 1 aliphatic rings. The number of benzene rings is 2. The second-order valence-electron chi connectivity index (χ2n) is 7.00. The van der Waals surface area contributed by atoms with Crippen LogP contribution in [0, 0.1) is 11.8 Å². The summed E-state index contributed by atoms with van der Waals surface area (Å²) < 4.78 is 0. The second-order valence-corrected chi connectivity index (χ2v) is 7.00. The van der Waals surface area contributed by atoms with Gasteiger partial charge in [-0.05, 0) is 55.2 Å². The van der Waals surface area contributed by atoms with E-state index in [0.29, 0.717) is 12.1 Å². The molecule has 2 atom stereocenters. The highest BCUT2D eigenvalue weighted by Gasteiger charge is 2.32. The van der Waals surface area contributed by atoms with Gasteiger partial charge >= 0.3 is 0 Å². The number of amides is 2. The van der Waals surface area contributed by atoms with Crippen molar-refractivity contribution < 1.29 is 9.59 Å². The molecule has 2 aromatic carbocycles. The van der Waals surface area contributed by atoms with E-state index >= 15 is 0 Å². The Kier molecular flexibility index (Phi) is 6.53. The fraction of sp³-hybridized carbons (Fsp3) is 0.304. The molecule has 0 saturated heterocycles. The molecular weight excluding hydrogens is 364 g/mol. The van der Waals surface area contributed by atoms with E-state index in [9.17, 15) is 9.59 Å². The van der Waals surface area contributed by atoms with Crippen molar-refractivity contribution in [2.75, 3.05) is 22.1 Å². The summed E-state index contributed by atoms with van der Waals surface area (Å²) in [5.74, 6) is 4.72. The molecule has 0 spiro atoms. The normalized spacial score (nSPS) is 17.6. The largest absolute Gasteiger partial charge is 0.378 e. The fourth-order valence-corrected chi connectivity index (χ4v) is 3.64. The summed E-state index contributed by atoms with van der Waals surface area (Å²) in [5, 5.41) is 6.28. The summed E-state index contributed by atoms with van der Waals surface area (Å²) in [6, 6.07) is 15.7. The smallest absolute Gasteiger partial charge is 0.300 e. The average Bonchev–Trinajstić information content (AvgIpc) is 2.73. The highest BCUT2D eigenvalue weighted by Crippen LogP contribution is 2.39. The van der Waals surface area contributed by atoms with Crippen LogP contribution in [0.1, 0.15) is 38.3 Å². The summed E-state index contributed by atoms with van der Waals surface area (Å²) in [5.41, 5.74) is 8.97. The highest BCUT2D eigenvalue weighted by molar-refractivity contribution is 6.04. The summed E-state index contributed by atoms with van der Waals surface area (Å²) in [4.78, 5) is 26.0. The minimum atomic E-state index is -0.383. The van der Waals surface area contributed by atoms with E-state index in [-0.39, 0.29) is 30.4 Å². The van der Waals surface area contributed by atoms with Gasteiger partial charge in [0.15, 0.2) is 0 Å². The standard InChI is InChI=1S/C23H26N4O2/c1-3-23(29)27-16(2)15-20(19-7-4-5-8-21(19)27)25-17-10-12-18(13-11-17)26-22(28)9-6-14-24/h4-5,7-8,10-13,16,20,25H,3,14-15,24H2,1-2H3,(H,26,28)/t16-,20+/m0/s1. The third-order valence-electron chi connectivity index (χ3n) is 4.95. The van der Waals surface area contributed by atoms with Crippen LogP contribution in [0.25, 0.3) is 0 Å². The van der Waals surface area contributed by atoms with E-state index < -0.39 is 0 Å². The van der Waals surface area contributed by atoms with Crippen molar-refractivity contribution >= 4 is 28.9 Å². The molecule has 2 aromatic rings. The number of para-hydroxylation sites is 1. The molecule has 0 fully saturated rings. The molecule has 2 amide bonds. The Bertz CT molecular complexity index is 943. The van der Waals surface area contributed by atoms with Crippen LogP contribution in [0.5, 0.6) is 0 Å². The molecule has 0 aromatic heterocycles. The van der Waals surface area contributed by atoms with Crippen molar-refractivity contribution in [3.8, 4) is 11.8 Å². The number of hydrogen-bond donors (Lipinski definition) is 3.